The topological polar surface area (TPSA) is 125 Å². The maximum Gasteiger partial charge on any atom is 0.247 e. The average Bonchev–Trinajstić information content (AvgIpc) is 3.69. The van der Waals surface area contributed by atoms with Gasteiger partial charge >= 0.3 is 0 Å². The van der Waals surface area contributed by atoms with E-state index in [1.807, 2.05) is 13.8 Å². The molecule has 0 bridgehead atoms. The van der Waals surface area contributed by atoms with Crippen LogP contribution in [0.15, 0.2) is 41.0 Å². The SMILES string of the molecule is COc1ccc(-c2nnn(CC(=O)N(Cc3ccco3)C(CC(C)C)C(=O)NC3CCCC3)n2)cc1OC. The monoisotopic (exact) mass is 524 g/mol. The fourth-order valence-electron chi connectivity index (χ4n) is 4.75. The third kappa shape index (κ3) is 6.70. The maximum atomic E-state index is 13.7. The van der Waals surface area contributed by atoms with Gasteiger partial charge < -0.3 is 24.1 Å². The van der Waals surface area contributed by atoms with Crippen LogP contribution >= 0.6 is 0 Å². The zero-order valence-corrected chi connectivity index (χ0v) is 22.4. The molecule has 1 unspecified atom stereocenters. The van der Waals surface area contributed by atoms with Crippen LogP contribution in [0.4, 0.5) is 0 Å². The van der Waals surface area contributed by atoms with Gasteiger partial charge in [0.15, 0.2) is 11.5 Å². The first kappa shape index (κ1) is 27.2. The molecule has 204 valence electrons. The van der Waals surface area contributed by atoms with Crippen LogP contribution < -0.4 is 14.8 Å². The van der Waals surface area contributed by atoms with Gasteiger partial charge in [0, 0.05) is 11.6 Å². The molecule has 11 heteroatoms. The number of furan rings is 1. The summed E-state index contributed by atoms with van der Waals surface area (Å²) in [5, 5.41) is 15.8. The van der Waals surface area contributed by atoms with Gasteiger partial charge in [0.1, 0.15) is 18.3 Å². The Morgan fingerprint density at radius 2 is 1.92 bits per heavy atom. The molecule has 0 saturated heterocycles. The van der Waals surface area contributed by atoms with Gasteiger partial charge in [-0.1, -0.05) is 26.7 Å². The summed E-state index contributed by atoms with van der Waals surface area (Å²) < 4.78 is 16.2. The van der Waals surface area contributed by atoms with Crippen LogP contribution in [0.1, 0.15) is 51.7 Å². The first-order valence-corrected chi connectivity index (χ1v) is 13.0. The molecule has 0 spiro atoms. The third-order valence-corrected chi connectivity index (χ3v) is 6.67. The third-order valence-electron chi connectivity index (χ3n) is 6.67. The van der Waals surface area contributed by atoms with Crippen molar-refractivity contribution >= 4 is 11.8 Å². The highest BCUT2D eigenvalue weighted by Crippen LogP contribution is 2.30. The Morgan fingerprint density at radius 3 is 2.58 bits per heavy atom. The van der Waals surface area contributed by atoms with Crippen molar-refractivity contribution in [3.05, 3.63) is 42.4 Å². The summed E-state index contributed by atoms with van der Waals surface area (Å²) in [5.41, 5.74) is 0.669. The molecule has 0 radical (unpaired) electrons. The molecule has 1 aromatic carbocycles. The Hall–Kier alpha value is -3.89. The van der Waals surface area contributed by atoms with Crippen molar-refractivity contribution in [2.24, 2.45) is 5.92 Å². The molecule has 38 heavy (non-hydrogen) atoms. The molecule has 1 atom stereocenters. The van der Waals surface area contributed by atoms with Crippen LogP contribution in [0.3, 0.4) is 0 Å². The van der Waals surface area contributed by atoms with Gasteiger partial charge in [-0.2, -0.15) is 4.80 Å². The molecule has 0 aliphatic heterocycles. The minimum atomic E-state index is -0.651. The normalized spacial score (nSPS) is 14.4. The molecule has 11 nitrogen and oxygen atoms in total. The second-order valence-corrected chi connectivity index (χ2v) is 9.95. The number of amides is 2. The Balaban J connectivity index is 1.55. The number of carbonyl (C=O) groups excluding carboxylic acids is 2. The predicted molar refractivity (Wildman–Crippen MR) is 139 cm³/mol. The number of hydrogen-bond donors (Lipinski definition) is 1. The highest BCUT2D eigenvalue weighted by atomic mass is 16.5. The summed E-state index contributed by atoms with van der Waals surface area (Å²) in [5.74, 6) is 1.81. The Morgan fingerprint density at radius 1 is 1.16 bits per heavy atom. The van der Waals surface area contributed by atoms with Crippen molar-refractivity contribution in [2.75, 3.05) is 14.2 Å². The van der Waals surface area contributed by atoms with Gasteiger partial charge in [0.2, 0.25) is 17.6 Å². The molecule has 1 aliphatic rings. The minimum Gasteiger partial charge on any atom is -0.493 e. The maximum absolute atomic E-state index is 13.7. The van der Waals surface area contributed by atoms with Crippen LogP contribution in [0, 0.1) is 5.92 Å². The molecule has 1 fully saturated rings. The number of nitrogens with one attached hydrogen (secondary N) is 1. The number of methoxy groups -OCH3 is 2. The first-order chi connectivity index (χ1) is 18.4. The number of rotatable bonds is 12. The molecule has 4 rings (SSSR count). The lowest BCUT2D eigenvalue weighted by Crippen LogP contribution is -2.52. The van der Waals surface area contributed by atoms with Gasteiger partial charge in [0.25, 0.3) is 0 Å². The van der Waals surface area contributed by atoms with Crippen molar-refractivity contribution in [3.8, 4) is 22.9 Å². The van der Waals surface area contributed by atoms with Crippen molar-refractivity contribution in [1.82, 2.24) is 30.4 Å². The van der Waals surface area contributed by atoms with E-state index in [4.69, 9.17) is 13.9 Å². The van der Waals surface area contributed by atoms with E-state index in [1.54, 1.807) is 55.7 Å². The fourth-order valence-corrected chi connectivity index (χ4v) is 4.75. The number of ether oxygens (including phenoxy) is 2. The van der Waals surface area contributed by atoms with Crippen molar-refractivity contribution in [2.45, 2.75) is 71.1 Å². The largest absolute Gasteiger partial charge is 0.493 e. The zero-order chi connectivity index (χ0) is 27.1. The van der Waals surface area contributed by atoms with Gasteiger partial charge in [-0.3, -0.25) is 9.59 Å². The average molecular weight is 525 g/mol. The fraction of sp³-hybridized carbons (Fsp3) is 0.519. The standard InChI is InChI=1S/C27H36N6O5/c1-18(2)14-22(27(35)28-20-8-5-6-9-20)32(16-21-10-7-13-38-21)25(34)17-33-30-26(29-31-33)19-11-12-23(36-3)24(15-19)37-4/h7,10-13,15,18,20,22H,5-6,8-9,14,16-17H2,1-4H3,(H,28,35). The van der Waals surface area contributed by atoms with E-state index in [-0.39, 0.29) is 36.9 Å². The lowest BCUT2D eigenvalue weighted by atomic mass is 10.0. The molecule has 1 aliphatic carbocycles. The van der Waals surface area contributed by atoms with E-state index in [1.165, 1.54) is 4.80 Å². The summed E-state index contributed by atoms with van der Waals surface area (Å²) >= 11 is 0. The van der Waals surface area contributed by atoms with Gasteiger partial charge in [-0.05, 0) is 60.7 Å². The van der Waals surface area contributed by atoms with Gasteiger partial charge in [0.05, 0.1) is 27.0 Å². The summed E-state index contributed by atoms with van der Waals surface area (Å²) in [6.07, 6.45) is 6.22. The molecule has 3 aromatic rings. The molecular weight excluding hydrogens is 488 g/mol. The highest BCUT2D eigenvalue weighted by Gasteiger charge is 2.33. The van der Waals surface area contributed by atoms with Crippen LogP contribution in [-0.2, 0) is 22.7 Å². The summed E-state index contributed by atoms with van der Waals surface area (Å²) in [4.78, 5) is 29.9. The second kappa shape index (κ2) is 12.6. The van der Waals surface area contributed by atoms with E-state index in [9.17, 15) is 9.59 Å². The number of tetrazole rings is 1. The van der Waals surface area contributed by atoms with E-state index in [0.717, 1.165) is 25.7 Å². The second-order valence-electron chi connectivity index (χ2n) is 9.95. The lowest BCUT2D eigenvalue weighted by molar-refractivity contribution is -0.143. The van der Waals surface area contributed by atoms with Crippen LogP contribution in [0.5, 0.6) is 11.5 Å². The molecular formula is C27H36N6O5. The van der Waals surface area contributed by atoms with Crippen LogP contribution in [0.25, 0.3) is 11.4 Å². The summed E-state index contributed by atoms with van der Waals surface area (Å²) in [6.45, 7) is 4.07. The van der Waals surface area contributed by atoms with E-state index < -0.39 is 6.04 Å². The Kier molecular flexibility index (Phi) is 8.98. The lowest BCUT2D eigenvalue weighted by Gasteiger charge is -2.32. The molecule has 2 heterocycles. The molecule has 2 amide bonds. The number of hydrogen-bond acceptors (Lipinski definition) is 8. The van der Waals surface area contributed by atoms with Gasteiger partial charge in [-0.15, -0.1) is 10.2 Å². The molecule has 2 aromatic heterocycles. The number of aromatic nitrogens is 4. The van der Waals surface area contributed by atoms with Crippen LogP contribution in [-0.4, -0.2) is 63.2 Å². The van der Waals surface area contributed by atoms with E-state index in [2.05, 4.69) is 20.7 Å². The van der Waals surface area contributed by atoms with E-state index in [0.29, 0.717) is 35.1 Å². The van der Waals surface area contributed by atoms with Crippen LogP contribution in [0.2, 0.25) is 0 Å². The number of benzene rings is 1. The number of nitrogens with zero attached hydrogens (tertiary/aromatic N) is 5. The molecule has 1 N–H and O–H groups in total. The van der Waals surface area contributed by atoms with Crippen molar-refractivity contribution in [1.29, 1.82) is 0 Å². The smallest absolute Gasteiger partial charge is 0.247 e. The highest BCUT2D eigenvalue weighted by molar-refractivity contribution is 5.87. The molecule has 1 saturated carbocycles. The van der Waals surface area contributed by atoms with Crippen molar-refractivity contribution < 1.29 is 23.5 Å². The quantitative estimate of drug-likeness (QED) is 0.382. The summed E-state index contributed by atoms with van der Waals surface area (Å²) in [6, 6.07) is 8.36. The zero-order valence-electron chi connectivity index (χ0n) is 22.4. The van der Waals surface area contributed by atoms with Crippen molar-refractivity contribution in [3.63, 3.8) is 0 Å². The van der Waals surface area contributed by atoms with E-state index >= 15 is 0 Å². The minimum absolute atomic E-state index is 0.136. The predicted octanol–water partition coefficient (Wildman–Crippen LogP) is 3.45. The first-order valence-electron chi connectivity index (χ1n) is 13.0. The Labute approximate surface area is 222 Å². The number of carbonyl (C=O) groups is 2. The summed E-state index contributed by atoms with van der Waals surface area (Å²) in [7, 11) is 3.11. The van der Waals surface area contributed by atoms with Gasteiger partial charge in [-0.25, -0.2) is 0 Å². The Bertz CT molecular complexity index is 1200.